The zero-order valence-corrected chi connectivity index (χ0v) is 9.74. The number of aryl methyl sites for hydroxylation is 1. The van der Waals surface area contributed by atoms with Gasteiger partial charge in [0, 0.05) is 0 Å². The highest BCUT2D eigenvalue weighted by Crippen LogP contribution is 2.37. The van der Waals surface area contributed by atoms with E-state index in [-0.39, 0.29) is 5.69 Å². The summed E-state index contributed by atoms with van der Waals surface area (Å²) in [5.74, 6) is -6.79. The van der Waals surface area contributed by atoms with Crippen molar-refractivity contribution in [2.45, 2.75) is 19.0 Å². The lowest BCUT2D eigenvalue weighted by molar-refractivity contribution is -0.387. The predicted octanol–water partition coefficient (Wildman–Crippen LogP) is 1.85. The zero-order valence-electron chi connectivity index (χ0n) is 9.74. The first-order valence-electron chi connectivity index (χ1n) is 4.81. The van der Waals surface area contributed by atoms with Crippen molar-refractivity contribution in [3.8, 4) is 5.88 Å². The second-order valence-electron chi connectivity index (χ2n) is 3.57. The molecule has 0 aliphatic carbocycles. The number of nitrogens with zero attached hydrogens (tertiary/aromatic N) is 3. The molecule has 0 saturated heterocycles. The van der Waals surface area contributed by atoms with Crippen molar-refractivity contribution in [3.05, 3.63) is 15.8 Å². The number of alkyl halides is 5. The highest BCUT2D eigenvalue weighted by molar-refractivity contribution is 5.47. The molecule has 12 heteroatoms. The van der Waals surface area contributed by atoms with Crippen molar-refractivity contribution in [1.82, 2.24) is 9.97 Å². The quantitative estimate of drug-likeness (QED) is 0.517. The van der Waals surface area contributed by atoms with Crippen molar-refractivity contribution in [3.63, 3.8) is 0 Å². The number of halogens is 5. The maximum absolute atomic E-state index is 12.7. The van der Waals surface area contributed by atoms with E-state index >= 15 is 0 Å². The number of nitrogens with two attached hydrogens (primary N) is 1. The molecule has 0 fully saturated rings. The van der Waals surface area contributed by atoms with Crippen LogP contribution in [0.5, 0.6) is 5.88 Å². The van der Waals surface area contributed by atoms with Gasteiger partial charge in [-0.1, -0.05) is 0 Å². The molecule has 0 atom stereocenters. The number of ether oxygens (including phenoxy) is 1. The first kappa shape index (κ1) is 15.8. The van der Waals surface area contributed by atoms with E-state index in [1.165, 1.54) is 0 Å². The van der Waals surface area contributed by atoms with Gasteiger partial charge in [0.05, 0.1) is 4.92 Å². The van der Waals surface area contributed by atoms with Crippen molar-refractivity contribution in [2.75, 3.05) is 12.3 Å². The largest absolute Gasteiger partial charge is 0.466 e. The molecule has 0 aliphatic heterocycles. The highest BCUT2D eigenvalue weighted by atomic mass is 19.4. The number of rotatable bonds is 4. The van der Waals surface area contributed by atoms with Gasteiger partial charge < -0.3 is 10.5 Å². The fourth-order valence-electron chi connectivity index (χ4n) is 1.11. The summed E-state index contributed by atoms with van der Waals surface area (Å²) in [5.41, 5.74) is 3.86. The molecule has 1 heterocycles. The van der Waals surface area contributed by atoms with Gasteiger partial charge in [0.2, 0.25) is 5.95 Å². The van der Waals surface area contributed by atoms with Crippen LogP contribution >= 0.6 is 0 Å². The Bertz CT molecular complexity index is 534. The molecule has 0 bridgehead atoms. The molecule has 0 aliphatic rings. The maximum Gasteiger partial charge on any atom is 0.456 e. The summed E-state index contributed by atoms with van der Waals surface area (Å²) < 4.78 is 65.2. The minimum Gasteiger partial charge on any atom is -0.466 e. The fourth-order valence-corrected chi connectivity index (χ4v) is 1.11. The smallest absolute Gasteiger partial charge is 0.456 e. The average Bonchev–Trinajstić information content (AvgIpc) is 2.23. The first-order chi connectivity index (χ1) is 8.95. The Morgan fingerprint density at radius 1 is 1.30 bits per heavy atom. The fraction of sp³-hybridized carbons (Fsp3) is 0.500. The summed E-state index contributed by atoms with van der Waals surface area (Å²) in [6.45, 7) is -1.06. The molecule has 1 aromatic heterocycles. The molecule has 0 unspecified atom stereocenters. The highest BCUT2D eigenvalue weighted by Gasteiger charge is 2.58. The van der Waals surface area contributed by atoms with E-state index in [0.29, 0.717) is 0 Å². The molecule has 0 amide bonds. The number of nitrogen functional groups attached to an aromatic ring is 1. The molecule has 20 heavy (non-hydrogen) atoms. The third-order valence-electron chi connectivity index (χ3n) is 2.03. The third kappa shape index (κ3) is 3.19. The molecule has 1 aromatic rings. The predicted molar refractivity (Wildman–Crippen MR) is 54.3 cm³/mol. The van der Waals surface area contributed by atoms with Crippen LogP contribution in [0.25, 0.3) is 0 Å². The van der Waals surface area contributed by atoms with Crippen LogP contribution in [0.4, 0.5) is 33.6 Å². The lowest BCUT2D eigenvalue weighted by Gasteiger charge is -2.19. The Hall–Kier alpha value is -2.27. The van der Waals surface area contributed by atoms with Gasteiger partial charge in [-0.15, -0.1) is 0 Å². The van der Waals surface area contributed by atoms with Crippen molar-refractivity contribution in [1.29, 1.82) is 0 Å². The van der Waals surface area contributed by atoms with E-state index in [0.717, 1.165) is 6.92 Å². The van der Waals surface area contributed by atoms with Crippen molar-refractivity contribution in [2.24, 2.45) is 0 Å². The summed E-state index contributed by atoms with van der Waals surface area (Å²) in [6, 6.07) is 0. The average molecular weight is 302 g/mol. The van der Waals surface area contributed by atoms with Crippen molar-refractivity contribution >= 4 is 11.6 Å². The van der Waals surface area contributed by atoms with Gasteiger partial charge in [0.25, 0.3) is 5.88 Å². The molecule has 112 valence electrons. The van der Waals surface area contributed by atoms with Gasteiger partial charge >= 0.3 is 17.8 Å². The monoisotopic (exact) mass is 302 g/mol. The summed E-state index contributed by atoms with van der Waals surface area (Å²) in [4.78, 5) is 16.1. The SMILES string of the molecule is Cc1nc(N)nc(OCC(F)(F)C(F)(F)F)c1[N+](=O)[O-]. The number of aromatic nitrogens is 2. The third-order valence-corrected chi connectivity index (χ3v) is 2.03. The second-order valence-corrected chi connectivity index (χ2v) is 3.57. The van der Waals surface area contributed by atoms with Gasteiger partial charge in [0.1, 0.15) is 5.69 Å². The van der Waals surface area contributed by atoms with Gasteiger partial charge in [-0.05, 0) is 6.92 Å². The number of anilines is 1. The Morgan fingerprint density at radius 3 is 2.30 bits per heavy atom. The summed E-state index contributed by atoms with van der Waals surface area (Å²) in [5, 5.41) is 10.7. The minimum atomic E-state index is -5.85. The van der Waals surface area contributed by atoms with Crippen LogP contribution in [-0.4, -0.2) is 33.6 Å². The van der Waals surface area contributed by atoms with E-state index in [2.05, 4.69) is 14.7 Å². The van der Waals surface area contributed by atoms with Crippen LogP contribution in [0.1, 0.15) is 5.69 Å². The zero-order chi connectivity index (χ0) is 15.7. The van der Waals surface area contributed by atoms with Gasteiger partial charge in [-0.25, -0.2) is 4.98 Å². The normalized spacial score (nSPS) is 12.3. The van der Waals surface area contributed by atoms with Crippen LogP contribution in [0.15, 0.2) is 0 Å². The van der Waals surface area contributed by atoms with Crippen LogP contribution < -0.4 is 10.5 Å². The Morgan fingerprint density at radius 2 is 1.85 bits per heavy atom. The maximum atomic E-state index is 12.7. The van der Waals surface area contributed by atoms with Crippen LogP contribution in [-0.2, 0) is 0 Å². The molecule has 0 aromatic carbocycles. The molecule has 0 spiro atoms. The lowest BCUT2D eigenvalue weighted by atomic mass is 10.3. The summed E-state index contributed by atoms with van der Waals surface area (Å²) in [7, 11) is 0. The molecule has 0 radical (unpaired) electrons. The minimum absolute atomic E-state index is 0.326. The van der Waals surface area contributed by atoms with Crippen LogP contribution in [0, 0.1) is 17.0 Å². The van der Waals surface area contributed by atoms with E-state index in [4.69, 9.17) is 5.73 Å². The van der Waals surface area contributed by atoms with Crippen LogP contribution in [0.2, 0.25) is 0 Å². The lowest BCUT2D eigenvalue weighted by Crippen LogP contribution is -2.42. The van der Waals surface area contributed by atoms with Gasteiger partial charge in [-0.3, -0.25) is 10.1 Å². The Labute approximate surface area is 107 Å². The topological polar surface area (TPSA) is 104 Å². The molecular weight excluding hydrogens is 295 g/mol. The number of nitro groups is 1. The number of hydrogen-bond donors (Lipinski definition) is 1. The molecular formula is C8H7F5N4O3. The van der Waals surface area contributed by atoms with Gasteiger partial charge in [0.15, 0.2) is 6.61 Å². The molecule has 7 nitrogen and oxygen atoms in total. The molecule has 1 rings (SSSR count). The van der Waals surface area contributed by atoms with E-state index in [1.807, 2.05) is 0 Å². The molecule has 2 N–H and O–H groups in total. The van der Waals surface area contributed by atoms with E-state index in [9.17, 15) is 32.1 Å². The Balaban J connectivity index is 3.07. The standard InChI is InChI=1S/C8H7F5N4O3/c1-3-4(17(18)19)5(16-6(14)15-3)20-2-7(9,10)8(11,12)13/h2H2,1H3,(H2,14,15,16). The number of hydrogen-bond acceptors (Lipinski definition) is 6. The summed E-state index contributed by atoms with van der Waals surface area (Å²) >= 11 is 0. The van der Waals surface area contributed by atoms with Gasteiger partial charge in [-0.2, -0.15) is 26.9 Å². The van der Waals surface area contributed by atoms with E-state index < -0.39 is 41.1 Å². The Kier molecular flexibility index (Phi) is 3.96. The summed E-state index contributed by atoms with van der Waals surface area (Å²) in [6.07, 6.45) is -5.85. The van der Waals surface area contributed by atoms with E-state index in [1.54, 1.807) is 0 Å². The first-order valence-corrected chi connectivity index (χ1v) is 4.81. The van der Waals surface area contributed by atoms with Crippen molar-refractivity contribution < 1.29 is 31.6 Å². The van der Waals surface area contributed by atoms with Crippen LogP contribution in [0.3, 0.4) is 0 Å². The molecule has 0 saturated carbocycles. The second kappa shape index (κ2) is 5.02.